The van der Waals surface area contributed by atoms with Crippen LogP contribution in [0.1, 0.15) is 28.8 Å². The molecule has 0 aliphatic carbocycles. The molecule has 1 aromatic carbocycles. The minimum absolute atomic E-state index is 0.0657. The highest BCUT2D eigenvalue weighted by Crippen LogP contribution is 2.21. The zero-order valence-corrected chi connectivity index (χ0v) is 15.5. The molecule has 1 aromatic heterocycles. The molecular weight excluding hydrogens is 345 g/mol. The molecule has 5 nitrogen and oxygen atoms in total. The van der Waals surface area contributed by atoms with E-state index in [9.17, 15) is 14.0 Å². The summed E-state index contributed by atoms with van der Waals surface area (Å²) < 4.78 is 13.3. The first-order valence-electron chi connectivity index (χ1n) is 9.23. The molecular formula is C21H24FN3O2. The molecule has 2 aromatic rings. The van der Waals surface area contributed by atoms with Gasteiger partial charge in [0.1, 0.15) is 5.82 Å². The summed E-state index contributed by atoms with van der Waals surface area (Å²) >= 11 is 0. The molecule has 142 valence electrons. The van der Waals surface area contributed by atoms with Gasteiger partial charge in [-0.3, -0.25) is 14.6 Å². The van der Waals surface area contributed by atoms with Crippen molar-refractivity contribution in [3.05, 3.63) is 65.7 Å². The minimum atomic E-state index is -0.415. The van der Waals surface area contributed by atoms with Crippen LogP contribution in [0.5, 0.6) is 0 Å². The van der Waals surface area contributed by atoms with E-state index in [2.05, 4.69) is 4.98 Å². The lowest BCUT2D eigenvalue weighted by Gasteiger charge is -2.33. The number of benzene rings is 1. The van der Waals surface area contributed by atoms with Gasteiger partial charge in [-0.1, -0.05) is 6.07 Å². The number of aromatic nitrogens is 1. The molecule has 0 atom stereocenters. The molecule has 0 N–H and O–H groups in total. The van der Waals surface area contributed by atoms with Crippen molar-refractivity contribution in [3.63, 3.8) is 0 Å². The number of hydrogen-bond acceptors (Lipinski definition) is 3. The van der Waals surface area contributed by atoms with Gasteiger partial charge < -0.3 is 9.80 Å². The summed E-state index contributed by atoms with van der Waals surface area (Å²) in [5.74, 6) is -0.529. The summed E-state index contributed by atoms with van der Waals surface area (Å²) in [5, 5.41) is 0. The lowest BCUT2D eigenvalue weighted by atomic mass is 9.94. The second kappa shape index (κ2) is 8.75. The van der Waals surface area contributed by atoms with Crippen molar-refractivity contribution in [3.8, 4) is 0 Å². The van der Waals surface area contributed by atoms with E-state index in [1.165, 1.54) is 18.2 Å². The van der Waals surface area contributed by atoms with Crippen LogP contribution in [0, 0.1) is 11.7 Å². The Balaban J connectivity index is 1.49. The quantitative estimate of drug-likeness (QED) is 0.814. The number of nitrogens with zero attached hydrogens (tertiary/aromatic N) is 3. The SMILES string of the molecule is CN(CCc1ccncc1)C(=O)C1CCN(C(=O)c2cccc(F)c2)CC1. The average Bonchev–Trinajstić information content (AvgIpc) is 2.72. The highest BCUT2D eigenvalue weighted by atomic mass is 19.1. The molecule has 3 rings (SSSR count). The summed E-state index contributed by atoms with van der Waals surface area (Å²) in [4.78, 5) is 32.6. The molecule has 0 unspecified atom stereocenters. The van der Waals surface area contributed by atoms with Crippen molar-refractivity contribution >= 4 is 11.8 Å². The van der Waals surface area contributed by atoms with E-state index in [4.69, 9.17) is 0 Å². The van der Waals surface area contributed by atoms with Crippen LogP contribution < -0.4 is 0 Å². The van der Waals surface area contributed by atoms with Gasteiger partial charge in [-0.25, -0.2) is 4.39 Å². The van der Waals surface area contributed by atoms with Crippen LogP contribution in [0.2, 0.25) is 0 Å². The van der Waals surface area contributed by atoms with Crippen molar-refractivity contribution in [1.29, 1.82) is 0 Å². The molecule has 0 bridgehead atoms. The van der Waals surface area contributed by atoms with Gasteiger partial charge >= 0.3 is 0 Å². The second-order valence-electron chi connectivity index (χ2n) is 6.94. The van der Waals surface area contributed by atoms with Crippen LogP contribution in [0.25, 0.3) is 0 Å². The number of amides is 2. The van der Waals surface area contributed by atoms with Crippen LogP contribution in [0.3, 0.4) is 0 Å². The fourth-order valence-corrected chi connectivity index (χ4v) is 3.40. The normalized spacial score (nSPS) is 14.8. The van der Waals surface area contributed by atoms with Gasteiger partial charge in [-0.2, -0.15) is 0 Å². The van der Waals surface area contributed by atoms with Gasteiger partial charge in [0.15, 0.2) is 0 Å². The van der Waals surface area contributed by atoms with E-state index in [0.29, 0.717) is 38.0 Å². The standard InChI is InChI=1S/C21H24FN3O2/c1-24(12-7-16-5-10-23-11-6-16)20(26)17-8-13-25(14-9-17)21(27)18-3-2-4-19(22)15-18/h2-6,10-11,15,17H,7-9,12-14H2,1H3. The molecule has 27 heavy (non-hydrogen) atoms. The van der Waals surface area contributed by atoms with Crippen molar-refractivity contribution in [2.45, 2.75) is 19.3 Å². The van der Waals surface area contributed by atoms with Crippen LogP contribution in [0.4, 0.5) is 4.39 Å². The summed E-state index contributed by atoms with van der Waals surface area (Å²) in [6.07, 6.45) is 5.58. The number of rotatable bonds is 5. The number of hydrogen-bond donors (Lipinski definition) is 0. The van der Waals surface area contributed by atoms with Crippen molar-refractivity contribution < 1.29 is 14.0 Å². The predicted molar refractivity (Wildman–Crippen MR) is 101 cm³/mol. The van der Waals surface area contributed by atoms with Crippen LogP contribution in [-0.2, 0) is 11.2 Å². The second-order valence-corrected chi connectivity index (χ2v) is 6.94. The molecule has 1 aliphatic heterocycles. The molecule has 0 saturated carbocycles. The zero-order valence-electron chi connectivity index (χ0n) is 15.5. The minimum Gasteiger partial charge on any atom is -0.345 e. The summed E-state index contributed by atoms with van der Waals surface area (Å²) in [5.41, 5.74) is 1.51. The van der Waals surface area contributed by atoms with E-state index < -0.39 is 5.82 Å². The average molecular weight is 369 g/mol. The molecule has 1 aliphatic rings. The third-order valence-corrected chi connectivity index (χ3v) is 5.06. The van der Waals surface area contributed by atoms with Crippen molar-refractivity contribution in [1.82, 2.24) is 14.8 Å². The topological polar surface area (TPSA) is 53.5 Å². The molecule has 2 amide bonds. The summed E-state index contributed by atoms with van der Waals surface area (Å²) in [6.45, 7) is 1.69. The molecule has 0 radical (unpaired) electrons. The molecule has 1 saturated heterocycles. The predicted octanol–water partition coefficient (Wildman–Crippen LogP) is 2.77. The molecule has 0 spiro atoms. The van der Waals surface area contributed by atoms with E-state index in [-0.39, 0.29) is 17.7 Å². The highest BCUT2D eigenvalue weighted by Gasteiger charge is 2.29. The van der Waals surface area contributed by atoms with Gasteiger partial charge in [0, 0.05) is 50.6 Å². The number of carbonyl (C=O) groups excluding carboxylic acids is 2. The largest absolute Gasteiger partial charge is 0.345 e. The monoisotopic (exact) mass is 369 g/mol. The van der Waals surface area contributed by atoms with Gasteiger partial charge in [0.25, 0.3) is 5.91 Å². The smallest absolute Gasteiger partial charge is 0.253 e. The summed E-state index contributed by atoms with van der Waals surface area (Å²) in [6, 6.07) is 9.64. The first-order valence-corrected chi connectivity index (χ1v) is 9.23. The summed E-state index contributed by atoms with van der Waals surface area (Å²) in [7, 11) is 1.83. The van der Waals surface area contributed by atoms with Gasteiger partial charge in [0.05, 0.1) is 0 Å². The van der Waals surface area contributed by atoms with E-state index in [1.807, 2.05) is 19.2 Å². The fourth-order valence-electron chi connectivity index (χ4n) is 3.40. The number of likely N-dealkylation sites (tertiary alicyclic amines) is 1. The van der Waals surface area contributed by atoms with E-state index in [1.54, 1.807) is 28.3 Å². The van der Waals surface area contributed by atoms with E-state index >= 15 is 0 Å². The molecule has 1 fully saturated rings. The number of carbonyl (C=O) groups is 2. The Hall–Kier alpha value is -2.76. The van der Waals surface area contributed by atoms with Gasteiger partial charge in [0.2, 0.25) is 5.91 Å². The van der Waals surface area contributed by atoms with Gasteiger partial charge in [-0.05, 0) is 55.2 Å². The first kappa shape index (κ1) is 19.0. The zero-order chi connectivity index (χ0) is 19.2. The van der Waals surface area contributed by atoms with Crippen molar-refractivity contribution in [2.75, 3.05) is 26.7 Å². The fraction of sp³-hybridized carbons (Fsp3) is 0.381. The Morgan fingerprint density at radius 1 is 1.19 bits per heavy atom. The Labute approximate surface area is 158 Å². The third-order valence-electron chi connectivity index (χ3n) is 5.06. The van der Waals surface area contributed by atoms with Crippen molar-refractivity contribution in [2.24, 2.45) is 5.92 Å². The lowest BCUT2D eigenvalue weighted by Crippen LogP contribution is -2.43. The maximum atomic E-state index is 13.3. The highest BCUT2D eigenvalue weighted by molar-refractivity contribution is 5.94. The van der Waals surface area contributed by atoms with Crippen LogP contribution in [-0.4, -0.2) is 53.3 Å². The Morgan fingerprint density at radius 3 is 2.56 bits per heavy atom. The third kappa shape index (κ3) is 4.90. The Kier molecular flexibility index (Phi) is 6.16. The first-order chi connectivity index (χ1) is 13.0. The maximum Gasteiger partial charge on any atom is 0.253 e. The van der Waals surface area contributed by atoms with Crippen LogP contribution in [0.15, 0.2) is 48.8 Å². The number of halogens is 1. The van der Waals surface area contributed by atoms with Gasteiger partial charge in [-0.15, -0.1) is 0 Å². The molecule has 6 heteroatoms. The Bertz CT molecular complexity index is 789. The van der Waals surface area contributed by atoms with E-state index in [0.717, 1.165) is 12.0 Å². The number of piperidine rings is 1. The maximum absolute atomic E-state index is 13.3. The molecule has 2 heterocycles. The Morgan fingerprint density at radius 2 is 1.89 bits per heavy atom. The number of pyridine rings is 1. The lowest BCUT2D eigenvalue weighted by molar-refractivity contribution is -0.135. The van der Waals surface area contributed by atoms with Crippen LogP contribution >= 0.6 is 0 Å². The number of likely N-dealkylation sites (N-methyl/N-ethyl adjacent to an activating group) is 1.